The minimum absolute atomic E-state index is 0.0407. The average Bonchev–Trinajstić information content (AvgIpc) is 3.01. The molecule has 3 rings (SSSR count). The molecule has 1 amide bonds. The molecule has 2 aromatic heterocycles. The summed E-state index contributed by atoms with van der Waals surface area (Å²) < 4.78 is 39.2. The number of hydrogen-bond donors (Lipinski definition) is 1. The van der Waals surface area contributed by atoms with Crippen LogP contribution in [0.3, 0.4) is 0 Å². The van der Waals surface area contributed by atoms with Gasteiger partial charge in [0.1, 0.15) is 11.4 Å². The molecule has 0 spiro atoms. The average molecular weight is 391 g/mol. The number of benzene rings is 1. The Morgan fingerprint density at radius 3 is 2.54 bits per heavy atom. The molecule has 0 unspecified atom stereocenters. The number of aryl methyl sites for hydroxylation is 1. The summed E-state index contributed by atoms with van der Waals surface area (Å²) in [6, 6.07) is 8.79. The molecule has 1 N–H and O–H groups in total. The Balaban J connectivity index is 1.93. The molecular formula is C17H12F3N5O3. The van der Waals surface area contributed by atoms with Crippen LogP contribution < -0.4 is 5.32 Å². The van der Waals surface area contributed by atoms with E-state index in [1.807, 2.05) is 0 Å². The topological polar surface area (TPSA) is 103 Å². The molecule has 0 saturated carbocycles. The molecule has 2 heterocycles. The third-order valence-corrected chi connectivity index (χ3v) is 3.71. The van der Waals surface area contributed by atoms with Gasteiger partial charge in [-0.25, -0.2) is 4.98 Å². The highest BCUT2D eigenvalue weighted by atomic mass is 19.4. The van der Waals surface area contributed by atoms with E-state index in [9.17, 15) is 28.1 Å². The predicted molar refractivity (Wildman–Crippen MR) is 92.1 cm³/mol. The smallest absolute Gasteiger partial charge is 0.306 e. The molecule has 28 heavy (non-hydrogen) atoms. The van der Waals surface area contributed by atoms with Gasteiger partial charge in [-0.2, -0.15) is 23.0 Å². The van der Waals surface area contributed by atoms with Gasteiger partial charge < -0.3 is 5.32 Å². The number of carbonyl (C=O) groups is 1. The molecule has 0 radical (unpaired) electrons. The van der Waals surface area contributed by atoms with Crippen LogP contribution in [0.15, 0.2) is 48.7 Å². The Labute approximate surface area is 155 Å². The predicted octanol–water partition coefficient (Wildman–Crippen LogP) is 3.76. The Morgan fingerprint density at radius 1 is 1.21 bits per heavy atom. The number of rotatable bonds is 4. The first-order valence-electron chi connectivity index (χ1n) is 7.82. The fraction of sp³-hybridized carbons (Fsp3) is 0.118. The van der Waals surface area contributed by atoms with Gasteiger partial charge in [0.2, 0.25) is 0 Å². The highest BCUT2D eigenvalue weighted by molar-refractivity contribution is 6.06. The number of pyridine rings is 1. The Kier molecular flexibility index (Phi) is 4.82. The second kappa shape index (κ2) is 7.10. The standard InChI is InChI=1S/C17H12F3N5O3/c1-10-8-15(22-16(26)12-4-2-3-5-13(12)25(27)28)24(23-10)14-7-6-11(9-21-14)17(18,19)20/h2-9H,1H3,(H,22,26). The van der Waals surface area contributed by atoms with E-state index < -0.39 is 22.6 Å². The van der Waals surface area contributed by atoms with E-state index in [0.717, 1.165) is 16.8 Å². The summed E-state index contributed by atoms with van der Waals surface area (Å²) in [5.74, 6) is -0.618. The summed E-state index contributed by atoms with van der Waals surface area (Å²) in [4.78, 5) is 26.6. The fourth-order valence-electron chi connectivity index (χ4n) is 2.45. The minimum Gasteiger partial charge on any atom is -0.306 e. The number of nitrogens with zero attached hydrogens (tertiary/aromatic N) is 4. The van der Waals surface area contributed by atoms with Crippen molar-refractivity contribution < 1.29 is 22.9 Å². The van der Waals surface area contributed by atoms with Crippen molar-refractivity contribution in [3.8, 4) is 5.82 Å². The van der Waals surface area contributed by atoms with E-state index in [-0.39, 0.29) is 22.9 Å². The number of nitro benzene ring substituents is 1. The number of nitrogens with one attached hydrogen (secondary N) is 1. The molecule has 0 atom stereocenters. The maximum absolute atomic E-state index is 12.7. The number of carbonyl (C=O) groups excluding carboxylic acids is 1. The molecule has 0 aliphatic rings. The van der Waals surface area contributed by atoms with Crippen LogP contribution in [0.5, 0.6) is 0 Å². The summed E-state index contributed by atoms with van der Waals surface area (Å²) in [6.45, 7) is 1.61. The summed E-state index contributed by atoms with van der Waals surface area (Å²) in [7, 11) is 0. The van der Waals surface area contributed by atoms with Crippen molar-refractivity contribution in [1.82, 2.24) is 14.8 Å². The van der Waals surface area contributed by atoms with Crippen molar-refractivity contribution in [2.45, 2.75) is 13.1 Å². The lowest BCUT2D eigenvalue weighted by Gasteiger charge is -2.10. The van der Waals surface area contributed by atoms with Crippen LogP contribution in [-0.4, -0.2) is 25.6 Å². The number of halogens is 3. The van der Waals surface area contributed by atoms with E-state index in [2.05, 4.69) is 15.4 Å². The maximum atomic E-state index is 12.7. The SMILES string of the molecule is Cc1cc(NC(=O)c2ccccc2[N+](=O)[O-])n(-c2ccc(C(F)(F)F)cn2)n1. The molecule has 3 aromatic rings. The van der Waals surface area contributed by atoms with Gasteiger partial charge in [0.05, 0.1) is 16.2 Å². The van der Waals surface area contributed by atoms with E-state index in [4.69, 9.17) is 0 Å². The molecule has 0 aliphatic carbocycles. The first-order valence-corrected chi connectivity index (χ1v) is 7.82. The van der Waals surface area contributed by atoms with E-state index in [1.54, 1.807) is 6.92 Å². The first kappa shape index (κ1) is 19.0. The van der Waals surface area contributed by atoms with Gasteiger partial charge in [0.15, 0.2) is 5.82 Å². The van der Waals surface area contributed by atoms with Crippen molar-refractivity contribution in [2.75, 3.05) is 5.32 Å². The summed E-state index contributed by atoms with van der Waals surface area (Å²) in [5.41, 5.74) is -1.01. The molecule has 1 aromatic carbocycles. The van der Waals surface area contributed by atoms with Crippen LogP contribution in [0.2, 0.25) is 0 Å². The molecule has 8 nitrogen and oxygen atoms in total. The van der Waals surface area contributed by atoms with Gasteiger partial charge in [-0.05, 0) is 25.1 Å². The van der Waals surface area contributed by atoms with Crippen molar-refractivity contribution in [1.29, 1.82) is 0 Å². The normalized spacial score (nSPS) is 11.3. The second-order valence-electron chi connectivity index (χ2n) is 5.71. The fourth-order valence-corrected chi connectivity index (χ4v) is 2.45. The zero-order valence-electron chi connectivity index (χ0n) is 14.3. The molecule has 11 heteroatoms. The second-order valence-corrected chi connectivity index (χ2v) is 5.71. The number of anilines is 1. The zero-order chi connectivity index (χ0) is 20.5. The number of hydrogen-bond acceptors (Lipinski definition) is 5. The molecule has 0 aliphatic heterocycles. The third kappa shape index (κ3) is 3.82. The highest BCUT2D eigenvalue weighted by Gasteiger charge is 2.31. The third-order valence-electron chi connectivity index (χ3n) is 3.71. The summed E-state index contributed by atoms with van der Waals surface area (Å²) in [5, 5.41) is 17.7. The van der Waals surface area contributed by atoms with Gasteiger partial charge in [0, 0.05) is 18.3 Å². The highest BCUT2D eigenvalue weighted by Crippen LogP contribution is 2.29. The minimum atomic E-state index is -4.53. The van der Waals surface area contributed by atoms with Gasteiger partial charge in [0.25, 0.3) is 11.6 Å². The summed E-state index contributed by atoms with van der Waals surface area (Å²) >= 11 is 0. The number of alkyl halides is 3. The zero-order valence-corrected chi connectivity index (χ0v) is 14.3. The monoisotopic (exact) mass is 391 g/mol. The van der Waals surface area contributed by atoms with Crippen LogP contribution in [0.4, 0.5) is 24.7 Å². The van der Waals surface area contributed by atoms with E-state index in [0.29, 0.717) is 11.9 Å². The maximum Gasteiger partial charge on any atom is 0.417 e. The summed E-state index contributed by atoms with van der Waals surface area (Å²) in [6.07, 6.45) is -3.88. The number of para-hydroxylation sites is 1. The lowest BCUT2D eigenvalue weighted by atomic mass is 10.1. The first-order chi connectivity index (χ1) is 13.2. The molecule has 0 fully saturated rings. The van der Waals surface area contributed by atoms with Crippen LogP contribution >= 0.6 is 0 Å². The van der Waals surface area contributed by atoms with Gasteiger partial charge in [-0.1, -0.05) is 12.1 Å². The Hall–Kier alpha value is -3.76. The molecule has 0 saturated heterocycles. The lowest BCUT2D eigenvalue weighted by Crippen LogP contribution is -2.17. The number of amides is 1. The Bertz CT molecular complexity index is 1040. The van der Waals surface area contributed by atoms with Crippen molar-refractivity contribution in [2.24, 2.45) is 0 Å². The molecule has 144 valence electrons. The van der Waals surface area contributed by atoms with E-state index >= 15 is 0 Å². The van der Waals surface area contributed by atoms with Crippen LogP contribution in [0, 0.1) is 17.0 Å². The van der Waals surface area contributed by atoms with Crippen LogP contribution in [0.25, 0.3) is 5.82 Å². The van der Waals surface area contributed by atoms with Crippen molar-refractivity contribution in [3.63, 3.8) is 0 Å². The van der Waals surface area contributed by atoms with Gasteiger partial charge >= 0.3 is 6.18 Å². The largest absolute Gasteiger partial charge is 0.417 e. The Morgan fingerprint density at radius 2 is 1.93 bits per heavy atom. The van der Waals surface area contributed by atoms with Gasteiger partial charge in [-0.15, -0.1) is 0 Å². The van der Waals surface area contributed by atoms with Gasteiger partial charge in [-0.3, -0.25) is 14.9 Å². The van der Waals surface area contributed by atoms with Crippen LogP contribution in [-0.2, 0) is 6.18 Å². The van der Waals surface area contributed by atoms with Crippen molar-refractivity contribution >= 4 is 17.4 Å². The quantitative estimate of drug-likeness (QED) is 0.539. The molecular weight excluding hydrogens is 379 g/mol. The van der Waals surface area contributed by atoms with E-state index in [1.165, 1.54) is 30.3 Å². The number of aromatic nitrogens is 3. The van der Waals surface area contributed by atoms with Crippen molar-refractivity contribution in [3.05, 3.63) is 75.6 Å². The lowest BCUT2D eigenvalue weighted by molar-refractivity contribution is -0.385. The molecule has 0 bridgehead atoms. The number of nitro groups is 1. The van der Waals surface area contributed by atoms with Crippen LogP contribution in [0.1, 0.15) is 21.6 Å².